The summed E-state index contributed by atoms with van der Waals surface area (Å²) in [6.07, 6.45) is 0.0104. The monoisotopic (exact) mass is 466 g/mol. The summed E-state index contributed by atoms with van der Waals surface area (Å²) >= 11 is 0. The molecule has 34 heavy (non-hydrogen) atoms. The molecule has 0 fully saturated rings. The number of amides is 2. The molecule has 0 spiro atoms. The Morgan fingerprint density at radius 1 is 1.03 bits per heavy atom. The second-order valence-electron chi connectivity index (χ2n) is 10.1. The molecule has 1 aliphatic carbocycles. The smallest absolute Gasteiger partial charge is 0.407 e. The van der Waals surface area contributed by atoms with Gasteiger partial charge in [0.05, 0.1) is 0 Å². The molecule has 0 aliphatic heterocycles. The van der Waals surface area contributed by atoms with Gasteiger partial charge in [-0.15, -0.1) is 0 Å². The predicted octanol–water partition coefficient (Wildman–Crippen LogP) is 4.65. The van der Waals surface area contributed by atoms with E-state index in [1.807, 2.05) is 45.0 Å². The van der Waals surface area contributed by atoms with E-state index >= 15 is 0 Å². The van der Waals surface area contributed by atoms with Crippen molar-refractivity contribution in [2.75, 3.05) is 19.7 Å². The number of alkyl carbamates (subject to hydrolysis) is 1. The third-order valence-corrected chi connectivity index (χ3v) is 5.84. The first kappa shape index (κ1) is 25.3. The van der Waals surface area contributed by atoms with Gasteiger partial charge in [0.25, 0.3) is 0 Å². The van der Waals surface area contributed by atoms with E-state index in [1.165, 1.54) is 16.0 Å². The highest BCUT2D eigenvalue weighted by atomic mass is 16.5. The standard InChI is InChI=1S/C27H34N2O5/c1-18(13-14-24(30)29(15-25(31)32)17-27(2,3)4)28-26(33)34-16-23-21-11-7-5-9-19(21)20-10-6-8-12-22(20)23/h5-12,18,23H,13-17H2,1-4H3,(H,28,33)(H,31,32). The number of hydrogen-bond acceptors (Lipinski definition) is 4. The van der Waals surface area contributed by atoms with Gasteiger partial charge in [0.2, 0.25) is 5.91 Å². The molecule has 2 aromatic rings. The molecule has 1 unspecified atom stereocenters. The highest BCUT2D eigenvalue weighted by molar-refractivity contribution is 5.81. The maximum Gasteiger partial charge on any atom is 0.407 e. The van der Waals surface area contributed by atoms with Crippen LogP contribution in [-0.2, 0) is 14.3 Å². The summed E-state index contributed by atoms with van der Waals surface area (Å²) in [6, 6.07) is 16.0. The van der Waals surface area contributed by atoms with Crippen molar-refractivity contribution in [2.24, 2.45) is 5.41 Å². The van der Waals surface area contributed by atoms with E-state index in [4.69, 9.17) is 9.84 Å². The minimum atomic E-state index is -1.04. The number of nitrogens with zero attached hydrogens (tertiary/aromatic N) is 1. The Labute approximate surface area is 201 Å². The Bertz CT molecular complexity index is 998. The van der Waals surface area contributed by atoms with Crippen molar-refractivity contribution >= 4 is 18.0 Å². The Balaban J connectivity index is 1.51. The van der Waals surface area contributed by atoms with Crippen molar-refractivity contribution in [3.63, 3.8) is 0 Å². The number of carboxylic acid groups (broad SMARTS) is 1. The van der Waals surface area contributed by atoms with Crippen LogP contribution in [0.3, 0.4) is 0 Å². The molecule has 2 N–H and O–H groups in total. The van der Waals surface area contributed by atoms with Gasteiger partial charge in [-0.25, -0.2) is 4.79 Å². The van der Waals surface area contributed by atoms with Crippen LogP contribution < -0.4 is 5.32 Å². The third-order valence-electron chi connectivity index (χ3n) is 5.84. The normalized spacial score (nSPS) is 13.5. The number of carboxylic acids is 1. The van der Waals surface area contributed by atoms with Gasteiger partial charge >= 0.3 is 12.1 Å². The Morgan fingerprint density at radius 3 is 2.12 bits per heavy atom. The fraction of sp³-hybridized carbons (Fsp3) is 0.444. The van der Waals surface area contributed by atoms with Crippen LogP contribution in [-0.4, -0.2) is 53.7 Å². The molecule has 182 valence electrons. The molecule has 0 radical (unpaired) electrons. The minimum Gasteiger partial charge on any atom is -0.480 e. The number of hydrogen-bond donors (Lipinski definition) is 2. The molecule has 2 amide bonds. The van der Waals surface area contributed by atoms with Gasteiger partial charge in [0, 0.05) is 24.9 Å². The van der Waals surface area contributed by atoms with Crippen molar-refractivity contribution in [3.8, 4) is 11.1 Å². The van der Waals surface area contributed by atoms with Gasteiger partial charge in [-0.3, -0.25) is 9.59 Å². The largest absolute Gasteiger partial charge is 0.480 e. The van der Waals surface area contributed by atoms with Crippen molar-refractivity contribution in [3.05, 3.63) is 59.7 Å². The summed E-state index contributed by atoms with van der Waals surface area (Å²) in [7, 11) is 0. The van der Waals surface area contributed by atoms with E-state index in [-0.39, 0.29) is 42.9 Å². The first-order chi connectivity index (χ1) is 16.0. The molecule has 3 rings (SSSR count). The van der Waals surface area contributed by atoms with Crippen LogP contribution in [0.5, 0.6) is 0 Å². The van der Waals surface area contributed by atoms with Crippen LogP contribution in [0.4, 0.5) is 4.79 Å². The first-order valence-electron chi connectivity index (χ1n) is 11.7. The van der Waals surface area contributed by atoms with Crippen LogP contribution in [0.1, 0.15) is 57.6 Å². The zero-order chi connectivity index (χ0) is 24.9. The third kappa shape index (κ3) is 6.59. The quantitative estimate of drug-likeness (QED) is 0.561. The number of carbonyl (C=O) groups excluding carboxylic acids is 2. The zero-order valence-electron chi connectivity index (χ0n) is 20.3. The summed E-state index contributed by atoms with van der Waals surface area (Å²) in [4.78, 5) is 37.6. The number of carbonyl (C=O) groups is 3. The zero-order valence-corrected chi connectivity index (χ0v) is 20.3. The van der Waals surface area contributed by atoms with Crippen LogP contribution in [0, 0.1) is 5.41 Å². The second-order valence-corrected chi connectivity index (χ2v) is 10.1. The number of rotatable bonds is 9. The van der Waals surface area contributed by atoms with E-state index < -0.39 is 12.1 Å². The van der Waals surface area contributed by atoms with Crippen molar-refractivity contribution < 1.29 is 24.2 Å². The summed E-state index contributed by atoms with van der Waals surface area (Å²) < 4.78 is 5.56. The Morgan fingerprint density at radius 2 is 1.59 bits per heavy atom. The van der Waals surface area contributed by atoms with Gasteiger partial charge in [0.1, 0.15) is 13.2 Å². The summed E-state index contributed by atoms with van der Waals surface area (Å²) in [5, 5.41) is 11.9. The second kappa shape index (κ2) is 10.7. The highest BCUT2D eigenvalue weighted by Crippen LogP contribution is 2.44. The van der Waals surface area contributed by atoms with Crippen molar-refractivity contribution in [1.29, 1.82) is 0 Å². The van der Waals surface area contributed by atoms with Gasteiger partial charge in [0.15, 0.2) is 0 Å². The number of ether oxygens (including phenoxy) is 1. The predicted molar refractivity (Wildman–Crippen MR) is 131 cm³/mol. The maximum atomic E-state index is 12.6. The molecular weight excluding hydrogens is 432 g/mol. The minimum absolute atomic E-state index is 0.0167. The molecule has 2 aromatic carbocycles. The molecule has 0 saturated carbocycles. The van der Waals surface area contributed by atoms with Gasteiger partial charge in [-0.05, 0) is 41.0 Å². The van der Waals surface area contributed by atoms with Gasteiger partial charge in [-0.2, -0.15) is 0 Å². The fourth-order valence-electron chi connectivity index (χ4n) is 4.38. The SMILES string of the molecule is CC(CCC(=O)N(CC(=O)O)CC(C)(C)C)NC(=O)OCC1c2ccccc2-c2ccccc21. The number of aliphatic carboxylic acids is 1. The van der Waals surface area contributed by atoms with E-state index in [9.17, 15) is 14.4 Å². The summed E-state index contributed by atoms with van der Waals surface area (Å²) in [5.74, 6) is -1.29. The van der Waals surface area contributed by atoms with Gasteiger partial charge < -0.3 is 20.1 Å². The molecule has 0 aromatic heterocycles. The van der Waals surface area contributed by atoms with Crippen molar-refractivity contribution in [1.82, 2.24) is 10.2 Å². The van der Waals surface area contributed by atoms with Crippen LogP contribution in [0.15, 0.2) is 48.5 Å². The fourth-order valence-corrected chi connectivity index (χ4v) is 4.38. The molecule has 0 heterocycles. The topological polar surface area (TPSA) is 95.9 Å². The van der Waals surface area contributed by atoms with E-state index in [0.717, 1.165) is 11.1 Å². The van der Waals surface area contributed by atoms with Gasteiger partial charge in [-0.1, -0.05) is 69.3 Å². The summed E-state index contributed by atoms with van der Waals surface area (Å²) in [5.41, 5.74) is 4.41. The average molecular weight is 467 g/mol. The molecule has 0 saturated heterocycles. The Kier molecular flexibility index (Phi) is 7.97. The number of fused-ring (bicyclic) bond motifs is 3. The van der Waals surface area contributed by atoms with Crippen molar-refractivity contribution in [2.45, 2.75) is 52.5 Å². The molecule has 1 aliphatic rings. The Hall–Kier alpha value is -3.35. The lowest BCUT2D eigenvalue weighted by atomic mass is 9.95. The highest BCUT2D eigenvalue weighted by Gasteiger charge is 2.29. The van der Waals surface area contributed by atoms with Crippen LogP contribution >= 0.6 is 0 Å². The lowest BCUT2D eigenvalue weighted by molar-refractivity contribution is -0.145. The molecular formula is C27H34N2O5. The lowest BCUT2D eigenvalue weighted by Gasteiger charge is -2.29. The molecule has 1 atom stereocenters. The number of benzene rings is 2. The molecule has 7 nitrogen and oxygen atoms in total. The first-order valence-corrected chi connectivity index (χ1v) is 11.7. The van der Waals surface area contributed by atoms with E-state index in [0.29, 0.717) is 13.0 Å². The van der Waals surface area contributed by atoms with E-state index in [2.05, 4.69) is 29.6 Å². The lowest BCUT2D eigenvalue weighted by Crippen LogP contribution is -2.42. The van der Waals surface area contributed by atoms with E-state index in [1.54, 1.807) is 6.92 Å². The van der Waals surface area contributed by atoms with Crippen LogP contribution in [0.2, 0.25) is 0 Å². The molecule has 0 bridgehead atoms. The average Bonchev–Trinajstić information content (AvgIpc) is 3.08. The maximum absolute atomic E-state index is 12.6. The van der Waals surface area contributed by atoms with Crippen LogP contribution in [0.25, 0.3) is 11.1 Å². The number of nitrogens with one attached hydrogen (secondary N) is 1. The summed E-state index contributed by atoms with van der Waals surface area (Å²) in [6.45, 7) is 7.92. The molecule has 7 heteroatoms.